The third kappa shape index (κ3) is 2.77. The summed E-state index contributed by atoms with van der Waals surface area (Å²) in [6.45, 7) is 1.95. The van der Waals surface area contributed by atoms with E-state index in [1.54, 1.807) is 12.1 Å². The van der Waals surface area contributed by atoms with Gasteiger partial charge in [-0.2, -0.15) is 0 Å². The van der Waals surface area contributed by atoms with Gasteiger partial charge in [0.15, 0.2) is 0 Å². The lowest BCUT2D eigenvalue weighted by Crippen LogP contribution is -2.03. The van der Waals surface area contributed by atoms with Crippen molar-refractivity contribution in [2.24, 2.45) is 0 Å². The summed E-state index contributed by atoms with van der Waals surface area (Å²) in [5.74, 6) is 1.28. The summed E-state index contributed by atoms with van der Waals surface area (Å²) in [6, 6.07) is 14.6. The minimum atomic E-state index is -0.178. The van der Waals surface area contributed by atoms with Crippen molar-refractivity contribution >= 4 is 33.5 Å². The zero-order chi connectivity index (χ0) is 16.5. The van der Waals surface area contributed by atoms with Gasteiger partial charge in [-0.1, -0.05) is 12.1 Å². The number of aromatic amines is 2. The minimum absolute atomic E-state index is 0.178. The number of nitrogens with zero attached hydrogens (tertiary/aromatic N) is 2. The third-order valence-electron chi connectivity index (χ3n) is 3.73. The molecule has 1 aliphatic rings. The van der Waals surface area contributed by atoms with Crippen LogP contribution in [0.2, 0.25) is 0 Å². The van der Waals surface area contributed by atoms with Crippen LogP contribution in [0.3, 0.4) is 0 Å². The number of benzene rings is 2. The Morgan fingerprint density at radius 3 is 2.58 bits per heavy atom. The number of hydrogen-bond donors (Lipinski definition) is 3. The summed E-state index contributed by atoms with van der Waals surface area (Å²) in [5, 5.41) is 3.65. The summed E-state index contributed by atoms with van der Waals surface area (Å²) in [4.78, 5) is 27.6. The molecule has 4 rings (SSSR count). The number of allylic oxidation sites excluding steroid dienone is 1. The highest BCUT2D eigenvalue weighted by Gasteiger charge is 2.04. The fourth-order valence-electron chi connectivity index (χ4n) is 2.50. The first-order chi connectivity index (χ1) is 11.7. The molecule has 24 heavy (non-hydrogen) atoms. The molecule has 0 spiro atoms. The molecular weight excluding hydrogens is 302 g/mol. The lowest BCUT2D eigenvalue weighted by Gasteiger charge is -2.09. The average molecular weight is 317 g/mol. The number of hydrogen-bond acceptors (Lipinski definition) is 4. The minimum Gasteiger partial charge on any atom is -0.332 e. The van der Waals surface area contributed by atoms with E-state index in [9.17, 15) is 4.79 Å². The molecule has 0 saturated carbocycles. The highest BCUT2D eigenvalue weighted by atomic mass is 16.1. The fourth-order valence-corrected chi connectivity index (χ4v) is 2.50. The molecule has 0 radical (unpaired) electrons. The summed E-state index contributed by atoms with van der Waals surface area (Å²) >= 11 is 0. The van der Waals surface area contributed by atoms with Crippen molar-refractivity contribution in [2.75, 3.05) is 5.32 Å². The monoisotopic (exact) mass is 317 g/mol. The number of anilines is 1. The maximum atomic E-state index is 12.4. The van der Waals surface area contributed by atoms with Crippen molar-refractivity contribution < 1.29 is 0 Å². The summed E-state index contributed by atoms with van der Waals surface area (Å²) in [5.41, 5.74) is 2.89. The number of aromatic nitrogens is 4. The molecule has 3 N–H and O–H groups in total. The Labute approximate surface area is 137 Å². The van der Waals surface area contributed by atoms with Crippen LogP contribution in [0.1, 0.15) is 12.7 Å². The van der Waals surface area contributed by atoms with E-state index in [0.29, 0.717) is 28.2 Å². The van der Waals surface area contributed by atoms with E-state index in [4.69, 9.17) is 0 Å². The van der Waals surface area contributed by atoms with E-state index in [1.807, 2.05) is 49.5 Å². The summed E-state index contributed by atoms with van der Waals surface area (Å²) in [7, 11) is 0. The van der Waals surface area contributed by atoms with Crippen LogP contribution in [0, 0.1) is 0 Å². The van der Waals surface area contributed by atoms with Crippen molar-refractivity contribution in [2.45, 2.75) is 6.92 Å². The van der Waals surface area contributed by atoms with E-state index in [-0.39, 0.29) is 5.56 Å². The smallest absolute Gasteiger partial charge is 0.255 e. The first-order valence-electron chi connectivity index (χ1n) is 7.57. The van der Waals surface area contributed by atoms with E-state index >= 15 is 0 Å². The quantitative estimate of drug-likeness (QED) is 0.594. The van der Waals surface area contributed by atoms with E-state index in [2.05, 4.69) is 25.3 Å². The van der Waals surface area contributed by atoms with Crippen LogP contribution >= 0.6 is 0 Å². The van der Waals surface area contributed by atoms with Gasteiger partial charge in [-0.15, -0.1) is 0 Å². The lowest BCUT2D eigenvalue weighted by atomic mass is 10.2. The van der Waals surface area contributed by atoms with Gasteiger partial charge in [0.2, 0.25) is 5.95 Å². The molecule has 6 heteroatoms. The predicted molar refractivity (Wildman–Crippen MR) is 95.7 cm³/mol. The third-order valence-corrected chi connectivity index (χ3v) is 3.73. The molecular formula is C18H15N5O. The number of rotatable bonds is 0. The summed E-state index contributed by atoms with van der Waals surface area (Å²) in [6.07, 6.45) is 1.85. The van der Waals surface area contributed by atoms with Gasteiger partial charge >= 0.3 is 0 Å². The standard InChI is InChI=1S/C18H15N5O/c1-11-10-19-18-22-15-7-3-6-14(9-15)21-17(24)12-4-2-5-13(8-12)20-16(11)23-18/h2-10H,1H3,(H,21,24)(H2,19,20,22,23). The molecule has 0 amide bonds. The predicted octanol–water partition coefficient (Wildman–Crippen LogP) is 3.27. The number of nitrogens with one attached hydrogen (secondary N) is 3. The normalized spacial score (nSPS) is 12.3. The molecule has 0 fully saturated rings. The SMILES string of the molecule is CC1=CNc2nc3cccc(c3)[nH]c(=O)c3cccc(c3)nc1[nH]2. The van der Waals surface area contributed by atoms with Crippen LogP contribution in [-0.4, -0.2) is 19.9 Å². The van der Waals surface area contributed by atoms with Gasteiger partial charge in [-0.05, 0) is 43.3 Å². The van der Waals surface area contributed by atoms with Crippen molar-refractivity contribution in [1.82, 2.24) is 19.9 Å². The molecule has 6 nitrogen and oxygen atoms in total. The van der Waals surface area contributed by atoms with Gasteiger partial charge in [-0.3, -0.25) is 4.79 Å². The van der Waals surface area contributed by atoms with Crippen molar-refractivity contribution in [3.05, 3.63) is 70.9 Å². The Morgan fingerprint density at radius 1 is 0.917 bits per heavy atom. The first-order valence-corrected chi connectivity index (χ1v) is 7.57. The molecule has 1 aliphatic heterocycles. The highest BCUT2D eigenvalue weighted by Crippen LogP contribution is 2.15. The van der Waals surface area contributed by atoms with Gasteiger partial charge in [0.25, 0.3) is 5.56 Å². The van der Waals surface area contributed by atoms with Crippen LogP contribution in [0.5, 0.6) is 0 Å². The Bertz CT molecular complexity index is 1120. The first kappa shape index (κ1) is 14.2. The molecule has 3 aromatic rings. The second kappa shape index (κ2) is 5.66. The van der Waals surface area contributed by atoms with Gasteiger partial charge in [-0.25, -0.2) is 9.97 Å². The molecule has 2 aromatic carbocycles. The van der Waals surface area contributed by atoms with Gasteiger partial charge < -0.3 is 15.3 Å². The van der Waals surface area contributed by atoms with Crippen LogP contribution < -0.4 is 10.9 Å². The van der Waals surface area contributed by atoms with Crippen LogP contribution in [-0.2, 0) is 0 Å². The molecule has 6 bridgehead atoms. The molecule has 0 saturated heterocycles. The highest BCUT2D eigenvalue weighted by molar-refractivity contribution is 5.68. The topological polar surface area (TPSA) is 86.5 Å². The van der Waals surface area contributed by atoms with Gasteiger partial charge in [0.1, 0.15) is 5.82 Å². The Morgan fingerprint density at radius 2 is 1.71 bits per heavy atom. The second-order valence-electron chi connectivity index (χ2n) is 5.57. The Hall–Kier alpha value is -3.41. The molecule has 0 unspecified atom stereocenters. The Balaban J connectivity index is 2.20. The maximum absolute atomic E-state index is 12.4. The zero-order valence-electron chi connectivity index (χ0n) is 13.0. The largest absolute Gasteiger partial charge is 0.332 e. The molecule has 118 valence electrons. The lowest BCUT2D eigenvalue weighted by molar-refractivity contribution is 1.10. The van der Waals surface area contributed by atoms with Crippen LogP contribution in [0.4, 0.5) is 5.95 Å². The number of H-pyrrole nitrogens is 2. The second-order valence-corrected chi connectivity index (χ2v) is 5.57. The van der Waals surface area contributed by atoms with Gasteiger partial charge in [0.05, 0.1) is 11.0 Å². The van der Waals surface area contributed by atoms with E-state index in [1.165, 1.54) is 0 Å². The maximum Gasteiger partial charge on any atom is 0.255 e. The average Bonchev–Trinajstić information content (AvgIpc) is 2.58. The molecule has 1 aromatic heterocycles. The summed E-state index contributed by atoms with van der Waals surface area (Å²) < 4.78 is 0. The van der Waals surface area contributed by atoms with Crippen LogP contribution in [0.15, 0.2) is 59.5 Å². The zero-order valence-corrected chi connectivity index (χ0v) is 13.0. The van der Waals surface area contributed by atoms with E-state index in [0.717, 1.165) is 11.1 Å². The van der Waals surface area contributed by atoms with Crippen molar-refractivity contribution in [3.8, 4) is 0 Å². The van der Waals surface area contributed by atoms with Crippen molar-refractivity contribution in [1.29, 1.82) is 0 Å². The van der Waals surface area contributed by atoms with Crippen LogP contribution in [0.25, 0.3) is 27.5 Å². The fraction of sp³-hybridized carbons (Fsp3) is 0.0556. The molecule has 2 heterocycles. The molecule has 0 atom stereocenters. The molecule has 0 aliphatic carbocycles. The Kier molecular flexibility index (Phi) is 3.35. The van der Waals surface area contributed by atoms with E-state index < -0.39 is 0 Å². The number of fused-ring (bicyclic) bond motifs is 6. The van der Waals surface area contributed by atoms with Crippen molar-refractivity contribution in [3.63, 3.8) is 0 Å². The van der Waals surface area contributed by atoms with Gasteiger partial charge in [0, 0.05) is 22.7 Å².